The summed E-state index contributed by atoms with van der Waals surface area (Å²) in [6.07, 6.45) is 0. The second-order valence-corrected chi connectivity index (χ2v) is 4.99. The third-order valence-corrected chi connectivity index (χ3v) is 3.63. The minimum absolute atomic E-state index is 0.0342. The third kappa shape index (κ3) is 3.09. The molecule has 1 saturated heterocycles. The van der Waals surface area contributed by atoms with E-state index < -0.39 is 5.91 Å². The lowest BCUT2D eigenvalue weighted by atomic mass is 10.0. The quantitative estimate of drug-likeness (QED) is 0.759. The maximum absolute atomic E-state index is 12.2. The second-order valence-electron chi connectivity index (χ2n) is 4.59. The lowest BCUT2D eigenvalue weighted by Crippen LogP contribution is -2.39. The summed E-state index contributed by atoms with van der Waals surface area (Å²) in [5.41, 5.74) is 5.86. The molecule has 0 spiro atoms. The Hall–Kier alpha value is -1.63. The first kappa shape index (κ1) is 14.8. The van der Waals surface area contributed by atoms with E-state index in [2.05, 4.69) is 10.6 Å². The zero-order chi connectivity index (χ0) is 14.7. The highest BCUT2D eigenvalue weighted by molar-refractivity contribution is 6.33. The van der Waals surface area contributed by atoms with Gasteiger partial charge >= 0.3 is 0 Å². The Labute approximate surface area is 121 Å². The molecule has 108 valence electrons. The highest BCUT2D eigenvalue weighted by Gasteiger charge is 2.33. The number of likely N-dealkylation sites (N-methyl/N-ethyl adjacent to an activating group) is 1. The van der Waals surface area contributed by atoms with E-state index in [9.17, 15) is 9.59 Å². The Morgan fingerprint density at radius 1 is 1.40 bits per heavy atom. The van der Waals surface area contributed by atoms with Crippen molar-refractivity contribution in [3.8, 4) is 0 Å². The number of amides is 2. The zero-order valence-electron chi connectivity index (χ0n) is 11.0. The van der Waals surface area contributed by atoms with Crippen molar-refractivity contribution in [2.24, 2.45) is 11.7 Å². The van der Waals surface area contributed by atoms with E-state index in [1.54, 1.807) is 7.05 Å². The topological polar surface area (TPSA) is 93.4 Å². The second kappa shape index (κ2) is 6.21. The molecule has 1 aromatic carbocycles. The van der Waals surface area contributed by atoms with Crippen molar-refractivity contribution in [1.29, 1.82) is 0 Å². The number of carbonyl (C=O) groups is 2. The van der Waals surface area contributed by atoms with Gasteiger partial charge in [-0.2, -0.15) is 0 Å². The van der Waals surface area contributed by atoms with Crippen LogP contribution in [0.15, 0.2) is 18.2 Å². The number of hydrogen-bond donors (Lipinski definition) is 3. The molecule has 1 aromatic rings. The average molecular weight is 298 g/mol. The Kier molecular flexibility index (Phi) is 4.59. The fraction of sp³-hybridized carbons (Fsp3) is 0.385. The standard InChI is InChI=1S/C13H16ClN3O3/c1-16-11-6-20-5-8(11)13(19)17-10-4-7(12(15)18)2-3-9(10)14/h2-4,8,11,16H,5-6H2,1H3,(H2,15,18)(H,17,19). The monoisotopic (exact) mass is 297 g/mol. The number of benzene rings is 1. The number of hydrogen-bond acceptors (Lipinski definition) is 4. The highest BCUT2D eigenvalue weighted by atomic mass is 35.5. The number of anilines is 1. The number of nitrogens with two attached hydrogens (primary N) is 1. The minimum Gasteiger partial charge on any atom is -0.379 e. The molecular weight excluding hydrogens is 282 g/mol. The molecule has 7 heteroatoms. The first-order valence-corrected chi connectivity index (χ1v) is 6.56. The van der Waals surface area contributed by atoms with E-state index in [-0.39, 0.29) is 23.4 Å². The maximum Gasteiger partial charge on any atom is 0.248 e. The van der Waals surface area contributed by atoms with Crippen molar-refractivity contribution in [2.75, 3.05) is 25.6 Å². The van der Waals surface area contributed by atoms with Gasteiger partial charge in [0.15, 0.2) is 0 Å². The Balaban J connectivity index is 2.15. The van der Waals surface area contributed by atoms with Crippen LogP contribution in [0.25, 0.3) is 0 Å². The maximum atomic E-state index is 12.2. The molecule has 0 saturated carbocycles. The van der Waals surface area contributed by atoms with Crippen LogP contribution < -0.4 is 16.4 Å². The fourth-order valence-electron chi connectivity index (χ4n) is 2.10. The highest BCUT2D eigenvalue weighted by Crippen LogP contribution is 2.24. The SMILES string of the molecule is CNC1COCC1C(=O)Nc1cc(C(N)=O)ccc1Cl. The van der Waals surface area contributed by atoms with Gasteiger partial charge in [-0.3, -0.25) is 9.59 Å². The molecule has 1 heterocycles. The molecular formula is C13H16ClN3O3. The lowest BCUT2D eigenvalue weighted by Gasteiger charge is -2.17. The zero-order valence-corrected chi connectivity index (χ0v) is 11.7. The van der Waals surface area contributed by atoms with Gasteiger partial charge in [0.2, 0.25) is 11.8 Å². The molecule has 2 amide bonds. The summed E-state index contributed by atoms with van der Waals surface area (Å²) in [6.45, 7) is 0.841. The number of ether oxygens (including phenoxy) is 1. The molecule has 6 nitrogen and oxygen atoms in total. The first-order valence-electron chi connectivity index (χ1n) is 6.18. The van der Waals surface area contributed by atoms with Gasteiger partial charge in [0.1, 0.15) is 0 Å². The smallest absolute Gasteiger partial charge is 0.248 e. The summed E-state index contributed by atoms with van der Waals surface area (Å²) >= 11 is 6.01. The molecule has 4 N–H and O–H groups in total. The summed E-state index contributed by atoms with van der Waals surface area (Å²) in [5, 5.41) is 6.10. The summed E-state index contributed by atoms with van der Waals surface area (Å²) in [7, 11) is 1.78. The van der Waals surface area contributed by atoms with Gasteiger partial charge in [-0.05, 0) is 25.2 Å². The third-order valence-electron chi connectivity index (χ3n) is 3.30. The number of carbonyl (C=O) groups excluding carboxylic acids is 2. The predicted molar refractivity (Wildman–Crippen MR) is 75.8 cm³/mol. The number of nitrogens with one attached hydrogen (secondary N) is 2. The van der Waals surface area contributed by atoms with Gasteiger partial charge in [-0.15, -0.1) is 0 Å². The Morgan fingerprint density at radius 2 is 2.15 bits per heavy atom. The normalized spacial score (nSPS) is 21.7. The van der Waals surface area contributed by atoms with Gasteiger partial charge < -0.3 is 21.1 Å². The van der Waals surface area contributed by atoms with E-state index in [4.69, 9.17) is 22.1 Å². The average Bonchev–Trinajstić information content (AvgIpc) is 2.89. The summed E-state index contributed by atoms with van der Waals surface area (Å²) in [5.74, 6) is -1.08. The van der Waals surface area contributed by atoms with Gasteiger partial charge in [0.05, 0.1) is 29.8 Å². The van der Waals surface area contributed by atoms with Crippen LogP contribution in [0.5, 0.6) is 0 Å². The first-order chi connectivity index (χ1) is 9.52. The van der Waals surface area contributed by atoms with Gasteiger partial charge in [0.25, 0.3) is 0 Å². The van der Waals surface area contributed by atoms with E-state index in [0.29, 0.717) is 23.9 Å². The summed E-state index contributed by atoms with van der Waals surface area (Å²) in [4.78, 5) is 23.4. The fourth-order valence-corrected chi connectivity index (χ4v) is 2.26. The van der Waals surface area contributed by atoms with Crippen molar-refractivity contribution >= 4 is 29.1 Å². The number of halogens is 1. The molecule has 0 aromatic heterocycles. The molecule has 2 atom stereocenters. The van der Waals surface area contributed by atoms with Crippen molar-refractivity contribution in [1.82, 2.24) is 5.32 Å². The van der Waals surface area contributed by atoms with Crippen LogP contribution in [0.3, 0.4) is 0 Å². The molecule has 0 bridgehead atoms. The largest absolute Gasteiger partial charge is 0.379 e. The van der Waals surface area contributed by atoms with Crippen LogP contribution in [-0.4, -0.2) is 38.1 Å². The van der Waals surface area contributed by atoms with Crippen molar-refractivity contribution < 1.29 is 14.3 Å². The summed E-state index contributed by atoms with van der Waals surface area (Å²) < 4.78 is 5.28. The van der Waals surface area contributed by atoms with E-state index in [1.165, 1.54) is 18.2 Å². The molecule has 0 aliphatic carbocycles. The molecule has 2 unspecified atom stereocenters. The van der Waals surface area contributed by atoms with Gasteiger partial charge in [-0.25, -0.2) is 0 Å². The van der Waals surface area contributed by atoms with Gasteiger partial charge in [0, 0.05) is 11.6 Å². The summed E-state index contributed by atoms with van der Waals surface area (Å²) in [6, 6.07) is 4.47. The van der Waals surface area contributed by atoms with Crippen molar-refractivity contribution in [3.05, 3.63) is 28.8 Å². The molecule has 1 aliphatic heterocycles. The predicted octanol–water partition coefficient (Wildman–Crippen LogP) is 0.612. The van der Waals surface area contributed by atoms with Crippen molar-refractivity contribution in [3.63, 3.8) is 0 Å². The molecule has 0 radical (unpaired) electrons. The molecule has 1 fully saturated rings. The Morgan fingerprint density at radius 3 is 2.80 bits per heavy atom. The Bertz CT molecular complexity index is 536. The van der Waals surface area contributed by atoms with Gasteiger partial charge in [-0.1, -0.05) is 11.6 Å². The van der Waals surface area contributed by atoms with Crippen LogP contribution in [0.1, 0.15) is 10.4 Å². The van der Waals surface area contributed by atoms with E-state index in [0.717, 1.165) is 0 Å². The van der Waals surface area contributed by atoms with Crippen LogP contribution in [-0.2, 0) is 9.53 Å². The van der Waals surface area contributed by atoms with Crippen LogP contribution in [0.2, 0.25) is 5.02 Å². The number of primary amides is 1. The van der Waals surface area contributed by atoms with Crippen LogP contribution in [0.4, 0.5) is 5.69 Å². The van der Waals surface area contributed by atoms with E-state index >= 15 is 0 Å². The van der Waals surface area contributed by atoms with E-state index in [1.807, 2.05) is 0 Å². The lowest BCUT2D eigenvalue weighted by molar-refractivity contribution is -0.120. The van der Waals surface area contributed by atoms with Crippen LogP contribution in [0, 0.1) is 5.92 Å². The molecule has 1 aliphatic rings. The van der Waals surface area contributed by atoms with Crippen molar-refractivity contribution in [2.45, 2.75) is 6.04 Å². The van der Waals surface area contributed by atoms with Crippen LogP contribution >= 0.6 is 11.6 Å². The molecule has 2 rings (SSSR count). The minimum atomic E-state index is -0.575. The molecule has 20 heavy (non-hydrogen) atoms. The number of rotatable bonds is 4.